The zero-order valence-electron chi connectivity index (χ0n) is 20.7. The molecule has 3 aromatic carbocycles. The largest absolute Gasteiger partial charge is 0.493 e. The van der Waals surface area contributed by atoms with Crippen molar-refractivity contribution in [1.29, 1.82) is 0 Å². The van der Waals surface area contributed by atoms with Crippen molar-refractivity contribution in [3.8, 4) is 28.0 Å². The second-order valence-electron chi connectivity index (χ2n) is 8.70. The van der Waals surface area contributed by atoms with Crippen LogP contribution >= 0.6 is 0 Å². The number of rotatable bonds is 9. The van der Waals surface area contributed by atoms with E-state index >= 15 is 13.2 Å². The standard InChI is InChI=1S/C29H31F3N2O/c1-18(2)14-16-33-22-10-6-20(7-11-22)24-26(30)27(31)25(29(35-5)28(24)32)21-8-12-23(13-9-21)34-17-15-19(3)4/h6-15,33-34H,16-17H2,1-5H3. The normalized spacial score (nSPS) is 10.5. The molecule has 3 aromatic rings. The van der Waals surface area contributed by atoms with Crippen molar-refractivity contribution < 1.29 is 17.9 Å². The first-order chi connectivity index (χ1) is 16.7. The maximum absolute atomic E-state index is 15.5. The summed E-state index contributed by atoms with van der Waals surface area (Å²) in [4.78, 5) is 0. The number of allylic oxidation sites excluding steroid dienone is 2. The molecule has 3 nitrogen and oxygen atoms in total. The number of benzene rings is 3. The van der Waals surface area contributed by atoms with Gasteiger partial charge in [-0.2, -0.15) is 0 Å². The van der Waals surface area contributed by atoms with Crippen molar-refractivity contribution in [2.75, 3.05) is 30.8 Å². The molecule has 0 heterocycles. The van der Waals surface area contributed by atoms with Crippen LogP contribution in [0.2, 0.25) is 0 Å². The number of methoxy groups -OCH3 is 1. The van der Waals surface area contributed by atoms with Crippen LogP contribution in [0.15, 0.2) is 71.8 Å². The van der Waals surface area contributed by atoms with Gasteiger partial charge in [0.2, 0.25) is 0 Å². The van der Waals surface area contributed by atoms with E-state index in [4.69, 9.17) is 4.74 Å². The Hall–Kier alpha value is -3.67. The molecule has 0 aliphatic carbocycles. The molecular weight excluding hydrogens is 449 g/mol. The SMILES string of the molecule is COc1c(F)c(-c2ccc(NCC=C(C)C)cc2)c(F)c(F)c1-c1ccc(NCC=C(C)C)cc1. The molecule has 35 heavy (non-hydrogen) atoms. The monoisotopic (exact) mass is 480 g/mol. The van der Waals surface area contributed by atoms with Crippen molar-refractivity contribution in [3.63, 3.8) is 0 Å². The second-order valence-corrected chi connectivity index (χ2v) is 8.70. The number of halogens is 3. The number of hydrogen-bond donors (Lipinski definition) is 2. The number of anilines is 2. The van der Waals surface area contributed by atoms with E-state index in [-0.39, 0.29) is 16.9 Å². The van der Waals surface area contributed by atoms with Crippen LogP contribution in [0.25, 0.3) is 22.3 Å². The smallest absolute Gasteiger partial charge is 0.176 e. The van der Waals surface area contributed by atoms with Crippen molar-refractivity contribution in [1.82, 2.24) is 0 Å². The summed E-state index contributed by atoms with van der Waals surface area (Å²) in [5, 5.41) is 6.42. The highest BCUT2D eigenvalue weighted by molar-refractivity contribution is 5.79. The van der Waals surface area contributed by atoms with Gasteiger partial charge in [0.25, 0.3) is 0 Å². The minimum atomic E-state index is -1.26. The Morgan fingerprint density at radius 3 is 1.46 bits per heavy atom. The van der Waals surface area contributed by atoms with Gasteiger partial charge in [0.1, 0.15) is 0 Å². The van der Waals surface area contributed by atoms with Gasteiger partial charge in [-0.3, -0.25) is 0 Å². The molecule has 0 saturated heterocycles. The fourth-order valence-corrected chi connectivity index (χ4v) is 3.60. The molecule has 184 valence electrons. The molecule has 0 atom stereocenters. The quantitative estimate of drug-likeness (QED) is 0.239. The maximum Gasteiger partial charge on any atom is 0.176 e. The maximum atomic E-state index is 15.5. The van der Waals surface area contributed by atoms with Gasteiger partial charge < -0.3 is 15.4 Å². The van der Waals surface area contributed by atoms with Crippen LogP contribution in [-0.4, -0.2) is 20.2 Å². The summed E-state index contributed by atoms with van der Waals surface area (Å²) in [7, 11) is 1.24. The Kier molecular flexibility index (Phi) is 8.63. The zero-order chi connectivity index (χ0) is 25.5. The van der Waals surface area contributed by atoms with E-state index in [0.29, 0.717) is 18.7 Å². The summed E-state index contributed by atoms with van der Waals surface area (Å²) in [5.74, 6) is -3.70. The fourth-order valence-electron chi connectivity index (χ4n) is 3.60. The van der Waals surface area contributed by atoms with Crippen LogP contribution < -0.4 is 15.4 Å². The summed E-state index contributed by atoms with van der Waals surface area (Å²) in [6.07, 6.45) is 4.06. The highest BCUT2D eigenvalue weighted by Crippen LogP contribution is 2.42. The molecule has 0 amide bonds. The summed E-state index contributed by atoms with van der Waals surface area (Å²) in [6.45, 7) is 9.28. The molecule has 0 saturated carbocycles. The molecule has 2 N–H and O–H groups in total. The average Bonchev–Trinajstić information content (AvgIpc) is 2.82. The lowest BCUT2D eigenvalue weighted by Crippen LogP contribution is -2.04. The van der Waals surface area contributed by atoms with Gasteiger partial charge in [-0.1, -0.05) is 47.6 Å². The van der Waals surface area contributed by atoms with Gasteiger partial charge in [0, 0.05) is 24.5 Å². The van der Waals surface area contributed by atoms with Gasteiger partial charge >= 0.3 is 0 Å². The van der Waals surface area contributed by atoms with Crippen molar-refractivity contribution in [2.24, 2.45) is 0 Å². The molecule has 0 aromatic heterocycles. The Labute approximate surface area is 205 Å². The Morgan fingerprint density at radius 2 is 1.06 bits per heavy atom. The minimum absolute atomic E-state index is 0.218. The first-order valence-corrected chi connectivity index (χ1v) is 11.4. The Balaban J connectivity index is 1.95. The van der Waals surface area contributed by atoms with Crippen LogP contribution in [-0.2, 0) is 0 Å². The predicted molar refractivity (Wildman–Crippen MR) is 140 cm³/mol. The van der Waals surface area contributed by atoms with Gasteiger partial charge in [-0.15, -0.1) is 0 Å². The summed E-state index contributed by atoms with van der Waals surface area (Å²) >= 11 is 0. The van der Waals surface area contributed by atoms with E-state index in [9.17, 15) is 0 Å². The molecule has 0 radical (unpaired) electrons. The third kappa shape index (κ3) is 6.27. The fraction of sp³-hybridized carbons (Fsp3) is 0.241. The lowest BCUT2D eigenvalue weighted by Gasteiger charge is -2.16. The van der Waals surface area contributed by atoms with Crippen molar-refractivity contribution >= 4 is 11.4 Å². The molecule has 3 rings (SSSR count). The van der Waals surface area contributed by atoms with Crippen LogP contribution in [0.3, 0.4) is 0 Å². The lowest BCUT2D eigenvalue weighted by molar-refractivity contribution is 0.380. The number of nitrogens with one attached hydrogen (secondary N) is 2. The van der Waals surface area contributed by atoms with Gasteiger partial charge in [0.05, 0.1) is 18.2 Å². The third-order valence-electron chi connectivity index (χ3n) is 5.46. The van der Waals surface area contributed by atoms with Gasteiger partial charge in [-0.25, -0.2) is 13.2 Å². The van der Waals surface area contributed by atoms with E-state index in [1.165, 1.54) is 18.3 Å². The number of hydrogen-bond acceptors (Lipinski definition) is 3. The minimum Gasteiger partial charge on any atom is -0.493 e. The van der Waals surface area contributed by atoms with Crippen LogP contribution in [0, 0.1) is 17.5 Å². The van der Waals surface area contributed by atoms with Crippen LogP contribution in [0.4, 0.5) is 24.5 Å². The third-order valence-corrected chi connectivity index (χ3v) is 5.46. The summed E-state index contributed by atoms with van der Waals surface area (Å²) in [5.41, 5.74) is 3.78. The second kappa shape index (κ2) is 11.6. The van der Waals surface area contributed by atoms with Gasteiger partial charge in [0.15, 0.2) is 23.2 Å². The summed E-state index contributed by atoms with van der Waals surface area (Å²) < 4.78 is 51.2. The highest BCUT2D eigenvalue weighted by Gasteiger charge is 2.27. The average molecular weight is 481 g/mol. The molecule has 0 aliphatic rings. The van der Waals surface area contributed by atoms with E-state index in [1.54, 1.807) is 48.5 Å². The van der Waals surface area contributed by atoms with Gasteiger partial charge in [-0.05, 0) is 63.1 Å². The molecule has 0 fully saturated rings. The molecule has 0 spiro atoms. The predicted octanol–water partition coefficient (Wildman–Crippen LogP) is 8.20. The van der Waals surface area contributed by atoms with Crippen LogP contribution in [0.1, 0.15) is 27.7 Å². The van der Waals surface area contributed by atoms with E-state index < -0.39 is 23.0 Å². The van der Waals surface area contributed by atoms with E-state index in [1.807, 2.05) is 39.8 Å². The molecule has 0 unspecified atom stereocenters. The lowest BCUT2D eigenvalue weighted by atomic mass is 9.96. The highest BCUT2D eigenvalue weighted by atomic mass is 19.2. The molecule has 0 bridgehead atoms. The molecular formula is C29H31F3N2O. The number of ether oxygens (including phenoxy) is 1. The first kappa shape index (κ1) is 25.9. The van der Waals surface area contributed by atoms with E-state index in [2.05, 4.69) is 10.6 Å². The van der Waals surface area contributed by atoms with Crippen molar-refractivity contribution in [3.05, 3.63) is 89.3 Å². The van der Waals surface area contributed by atoms with Crippen LogP contribution in [0.5, 0.6) is 5.75 Å². The zero-order valence-corrected chi connectivity index (χ0v) is 20.7. The summed E-state index contributed by atoms with van der Waals surface area (Å²) in [6, 6.07) is 13.2. The molecule has 0 aliphatic heterocycles. The van der Waals surface area contributed by atoms with Crippen molar-refractivity contribution in [2.45, 2.75) is 27.7 Å². The topological polar surface area (TPSA) is 33.3 Å². The Morgan fingerprint density at radius 1 is 0.657 bits per heavy atom. The molecule has 6 heteroatoms. The van der Waals surface area contributed by atoms with E-state index in [0.717, 1.165) is 11.4 Å². The Bertz CT molecular complexity index is 1220. The first-order valence-electron chi connectivity index (χ1n) is 11.4.